The van der Waals surface area contributed by atoms with Gasteiger partial charge in [0.1, 0.15) is 10.7 Å². The van der Waals surface area contributed by atoms with E-state index in [4.69, 9.17) is 4.42 Å². The molecule has 0 spiro atoms. The second-order valence-corrected chi connectivity index (χ2v) is 8.58. The summed E-state index contributed by atoms with van der Waals surface area (Å²) in [5.74, 6) is 0.610. The molecule has 0 unspecified atom stereocenters. The molecule has 1 aromatic heterocycles. The lowest BCUT2D eigenvalue weighted by atomic mass is 9.79. The number of rotatable bonds is 5. The number of piperidine rings is 1. The molecule has 1 aromatic rings. The number of nitrogens with one attached hydrogen (secondary N) is 1. The van der Waals surface area contributed by atoms with Crippen molar-refractivity contribution in [3.05, 3.63) is 16.5 Å². The van der Waals surface area contributed by atoms with Crippen LogP contribution in [0.2, 0.25) is 0 Å². The Labute approximate surface area is 135 Å². The first-order valence-corrected chi connectivity index (χ1v) is 9.49. The Kier molecular flexibility index (Phi) is 5.18. The molecular formula is C14H23BrN2O3S. The van der Waals surface area contributed by atoms with Crippen LogP contribution in [0, 0.1) is 5.41 Å². The van der Waals surface area contributed by atoms with E-state index in [1.54, 1.807) is 17.4 Å². The van der Waals surface area contributed by atoms with Crippen molar-refractivity contribution in [3.63, 3.8) is 0 Å². The first-order valence-electron chi connectivity index (χ1n) is 7.25. The van der Waals surface area contributed by atoms with Crippen LogP contribution in [0.1, 0.15) is 38.9 Å². The maximum atomic E-state index is 12.7. The molecule has 21 heavy (non-hydrogen) atoms. The molecule has 1 saturated heterocycles. The minimum Gasteiger partial charge on any atom is -0.452 e. The Morgan fingerprint density at radius 1 is 1.43 bits per heavy atom. The highest BCUT2D eigenvalue weighted by Crippen LogP contribution is 2.37. The zero-order chi connectivity index (χ0) is 15.7. The van der Waals surface area contributed by atoms with Gasteiger partial charge in [0.25, 0.3) is 0 Å². The van der Waals surface area contributed by atoms with E-state index in [1.807, 2.05) is 0 Å². The molecule has 0 bridgehead atoms. The molecule has 1 fully saturated rings. The van der Waals surface area contributed by atoms with Crippen molar-refractivity contribution in [1.29, 1.82) is 0 Å². The molecule has 1 N–H and O–H groups in total. The van der Waals surface area contributed by atoms with Crippen molar-refractivity contribution in [3.8, 4) is 0 Å². The molecule has 0 amide bonds. The molecule has 0 atom stereocenters. The Morgan fingerprint density at radius 3 is 2.57 bits per heavy atom. The van der Waals surface area contributed by atoms with Gasteiger partial charge in [-0.05, 0) is 41.2 Å². The summed E-state index contributed by atoms with van der Waals surface area (Å²) in [6, 6.07) is 1.60. The average molecular weight is 379 g/mol. The van der Waals surface area contributed by atoms with Crippen molar-refractivity contribution in [2.24, 2.45) is 5.41 Å². The maximum absolute atomic E-state index is 12.7. The summed E-state index contributed by atoms with van der Waals surface area (Å²) in [5, 5.41) is 2.95. The summed E-state index contributed by atoms with van der Waals surface area (Å²) in [4.78, 5) is 0.229. The van der Waals surface area contributed by atoms with Gasteiger partial charge in [0, 0.05) is 19.2 Å². The smallest absolute Gasteiger partial charge is 0.247 e. The third-order valence-corrected chi connectivity index (χ3v) is 7.21. The van der Waals surface area contributed by atoms with E-state index >= 15 is 0 Å². The summed E-state index contributed by atoms with van der Waals surface area (Å²) in [7, 11) is -1.69. The Bertz CT molecular complexity index is 589. The second kappa shape index (κ2) is 6.40. The monoisotopic (exact) mass is 378 g/mol. The summed E-state index contributed by atoms with van der Waals surface area (Å²) >= 11 is 3.23. The topological polar surface area (TPSA) is 62.6 Å². The van der Waals surface area contributed by atoms with E-state index in [0.29, 0.717) is 25.4 Å². The molecule has 0 saturated carbocycles. The lowest BCUT2D eigenvalue weighted by Crippen LogP contribution is -2.41. The van der Waals surface area contributed by atoms with E-state index in [1.165, 1.54) is 0 Å². The van der Waals surface area contributed by atoms with Crippen molar-refractivity contribution < 1.29 is 12.8 Å². The lowest BCUT2D eigenvalue weighted by Gasteiger charge is -2.38. The minimum atomic E-state index is -3.48. The highest BCUT2D eigenvalue weighted by atomic mass is 79.9. The number of hydrogen-bond acceptors (Lipinski definition) is 4. The van der Waals surface area contributed by atoms with Crippen LogP contribution in [0.5, 0.6) is 0 Å². The SMILES string of the molecule is CCC1(C)CCN(S(=O)(=O)c2cc(CNC)oc2Br)CC1. The fourth-order valence-corrected chi connectivity index (χ4v) is 5.00. The quantitative estimate of drug-likeness (QED) is 0.855. The summed E-state index contributed by atoms with van der Waals surface area (Å²) in [6.45, 7) is 6.05. The number of hydrogen-bond donors (Lipinski definition) is 1. The third-order valence-electron chi connectivity index (χ3n) is 4.46. The standard InChI is InChI=1S/C14H23BrN2O3S/c1-4-14(2)5-7-17(8-6-14)21(18,19)12-9-11(10-16-3)20-13(12)15/h9,16H,4-8,10H2,1-3H3. The lowest BCUT2D eigenvalue weighted by molar-refractivity contribution is 0.169. The van der Waals surface area contributed by atoms with Crippen molar-refractivity contribution in [2.75, 3.05) is 20.1 Å². The van der Waals surface area contributed by atoms with Gasteiger partial charge in [-0.3, -0.25) is 0 Å². The van der Waals surface area contributed by atoms with Gasteiger partial charge < -0.3 is 9.73 Å². The molecule has 0 aromatic carbocycles. The molecule has 0 radical (unpaired) electrons. The fraction of sp³-hybridized carbons (Fsp3) is 0.714. The van der Waals surface area contributed by atoms with Crippen LogP contribution in [0.15, 0.2) is 20.0 Å². The van der Waals surface area contributed by atoms with Crippen molar-refractivity contribution in [1.82, 2.24) is 9.62 Å². The largest absolute Gasteiger partial charge is 0.452 e. The highest BCUT2D eigenvalue weighted by molar-refractivity contribution is 9.10. The molecular weight excluding hydrogens is 356 g/mol. The molecule has 1 aliphatic heterocycles. The predicted octanol–water partition coefficient (Wildman–Crippen LogP) is 2.96. The minimum absolute atomic E-state index is 0.229. The summed E-state index contributed by atoms with van der Waals surface area (Å²) in [6.07, 6.45) is 2.89. The zero-order valence-electron chi connectivity index (χ0n) is 12.8. The van der Waals surface area contributed by atoms with Crippen LogP contribution in [-0.2, 0) is 16.6 Å². The number of sulfonamides is 1. The molecule has 2 rings (SSSR count). The summed E-state index contributed by atoms with van der Waals surface area (Å²) in [5.41, 5.74) is 0.261. The second-order valence-electron chi connectivity index (χ2n) is 5.95. The Balaban J connectivity index is 2.19. The predicted molar refractivity (Wildman–Crippen MR) is 85.6 cm³/mol. The Hall–Kier alpha value is -0.370. The first-order chi connectivity index (χ1) is 9.82. The van der Waals surface area contributed by atoms with Crippen LogP contribution in [-0.4, -0.2) is 32.9 Å². The van der Waals surface area contributed by atoms with Crippen LogP contribution in [0.25, 0.3) is 0 Å². The van der Waals surface area contributed by atoms with E-state index in [-0.39, 0.29) is 15.0 Å². The van der Waals surface area contributed by atoms with Gasteiger partial charge >= 0.3 is 0 Å². The Morgan fingerprint density at radius 2 is 2.05 bits per heavy atom. The van der Waals surface area contributed by atoms with Crippen LogP contribution in [0.4, 0.5) is 0 Å². The van der Waals surface area contributed by atoms with Crippen molar-refractivity contribution >= 4 is 26.0 Å². The van der Waals surface area contributed by atoms with Gasteiger partial charge in [-0.15, -0.1) is 0 Å². The van der Waals surface area contributed by atoms with Gasteiger partial charge in [-0.1, -0.05) is 20.3 Å². The van der Waals surface area contributed by atoms with Gasteiger partial charge in [-0.2, -0.15) is 4.31 Å². The molecule has 2 heterocycles. The van der Waals surface area contributed by atoms with E-state index in [9.17, 15) is 8.42 Å². The normalized spacial score (nSPS) is 19.8. The first kappa shape index (κ1) is 17.0. The third kappa shape index (κ3) is 3.52. The number of nitrogens with zero attached hydrogens (tertiary/aromatic N) is 1. The van der Waals surface area contributed by atoms with Gasteiger partial charge in [0.15, 0.2) is 4.67 Å². The number of halogens is 1. The van der Waals surface area contributed by atoms with E-state index < -0.39 is 10.0 Å². The highest BCUT2D eigenvalue weighted by Gasteiger charge is 2.36. The molecule has 0 aliphatic carbocycles. The molecule has 120 valence electrons. The van der Waals surface area contributed by atoms with Crippen LogP contribution >= 0.6 is 15.9 Å². The molecule has 5 nitrogen and oxygen atoms in total. The van der Waals surface area contributed by atoms with Gasteiger partial charge in [0.05, 0.1) is 6.54 Å². The average Bonchev–Trinajstić information content (AvgIpc) is 2.81. The van der Waals surface area contributed by atoms with Crippen LogP contribution in [0.3, 0.4) is 0 Å². The molecule has 1 aliphatic rings. The van der Waals surface area contributed by atoms with E-state index in [0.717, 1.165) is 19.3 Å². The number of furan rings is 1. The van der Waals surface area contributed by atoms with E-state index in [2.05, 4.69) is 35.1 Å². The maximum Gasteiger partial charge on any atom is 0.247 e. The van der Waals surface area contributed by atoms with Crippen molar-refractivity contribution in [2.45, 2.75) is 44.6 Å². The van der Waals surface area contributed by atoms with Gasteiger partial charge in [0.2, 0.25) is 10.0 Å². The molecule has 7 heteroatoms. The van der Waals surface area contributed by atoms with Gasteiger partial charge in [-0.25, -0.2) is 8.42 Å². The fourth-order valence-electron chi connectivity index (χ4n) is 2.59. The zero-order valence-corrected chi connectivity index (χ0v) is 15.2. The van der Waals surface area contributed by atoms with Crippen LogP contribution < -0.4 is 5.32 Å². The summed E-state index contributed by atoms with van der Waals surface area (Å²) < 4.78 is 32.8.